The molecule has 2 aliphatic heterocycles. The van der Waals surface area contributed by atoms with Crippen molar-refractivity contribution in [3.8, 4) is 0 Å². The lowest BCUT2D eigenvalue weighted by atomic mass is 9.85. The molecule has 2 heterocycles. The number of amides is 2. The molecule has 0 unspecified atom stereocenters. The maximum Gasteiger partial charge on any atom is 0.308 e. The summed E-state index contributed by atoms with van der Waals surface area (Å²) >= 11 is 0. The molecule has 0 aromatic carbocycles. The summed E-state index contributed by atoms with van der Waals surface area (Å²) in [5, 5.41) is 5.72. The third-order valence-electron chi connectivity index (χ3n) is 4.29. The van der Waals surface area contributed by atoms with Crippen molar-refractivity contribution in [3.05, 3.63) is 0 Å². The number of hydrogen-bond donors (Lipinski definition) is 2. The second-order valence-corrected chi connectivity index (χ2v) is 7.66. The van der Waals surface area contributed by atoms with Crippen LogP contribution in [-0.2, 0) is 23.9 Å². The molecule has 2 amide bonds. The van der Waals surface area contributed by atoms with E-state index in [2.05, 4.69) is 10.6 Å². The summed E-state index contributed by atoms with van der Waals surface area (Å²) in [5.41, 5.74) is -1.23. The van der Waals surface area contributed by atoms with Crippen LogP contribution in [0.5, 0.6) is 0 Å². The molecule has 2 rings (SSSR count). The minimum Gasteiger partial charge on any atom is -0.460 e. The van der Waals surface area contributed by atoms with Crippen molar-refractivity contribution in [2.45, 2.75) is 76.5 Å². The van der Waals surface area contributed by atoms with Gasteiger partial charge in [-0.1, -0.05) is 0 Å². The minimum atomic E-state index is -0.667. The summed E-state index contributed by atoms with van der Waals surface area (Å²) in [6, 6.07) is -0.524. The fourth-order valence-corrected chi connectivity index (χ4v) is 3.11. The van der Waals surface area contributed by atoms with Crippen LogP contribution in [0.15, 0.2) is 0 Å². The second-order valence-electron chi connectivity index (χ2n) is 7.66. The highest BCUT2D eigenvalue weighted by atomic mass is 16.6. The molecule has 0 spiro atoms. The Balaban J connectivity index is 2.02. The number of ether oxygens (including phenoxy) is 2. The minimum absolute atomic E-state index is 0.102. The smallest absolute Gasteiger partial charge is 0.308 e. The Labute approximate surface area is 142 Å². The lowest BCUT2D eigenvalue weighted by molar-refractivity contribution is -0.158. The van der Waals surface area contributed by atoms with Gasteiger partial charge in [0.1, 0.15) is 11.6 Å². The number of rotatable bonds is 4. The molecule has 136 valence electrons. The van der Waals surface area contributed by atoms with Crippen LogP contribution in [-0.4, -0.2) is 48.2 Å². The Bertz CT molecular complexity index is 492. The summed E-state index contributed by atoms with van der Waals surface area (Å²) in [4.78, 5) is 36.3. The van der Waals surface area contributed by atoms with Crippen LogP contribution in [0, 0.1) is 0 Å². The van der Waals surface area contributed by atoms with Gasteiger partial charge in [0.05, 0.1) is 12.0 Å². The first kappa shape index (κ1) is 18.7. The van der Waals surface area contributed by atoms with E-state index >= 15 is 0 Å². The maximum absolute atomic E-state index is 12.6. The number of hydrogen-bond acceptors (Lipinski definition) is 5. The fraction of sp³-hybridized carbons (Fsp3) is 0.824. The lowest BCUT2D eigenvalue weighted by Gasteiger charge is -2.39. The van der Waals surface area contributed by atoms with Crippen LogP contribution < -0.4 is 10.6 Å². The van der Waals surface area contributed by atoms with E-state index in [0.717, 1.165) is 0 Å². The lowest BCUT2D eigenvalue weighted by Crippen LogP contribution is -2.59. The molecule has 7 heteroatoms. The van der Waals surface area contributed by atoms with Gasteiger partial charge in [-0.05, 0) is 46.5 Å². The van der Waals surface area contributed by atoms with Crippen molar-refractivity contribution >= 4 is 17.8 Å². The highest BCUT2D eigenvalue weighted by Gasteiger charge is 2.39. The van der Waals surface area contributed by atoms with Gasteiger partial charge in [-0.2, -0.15) is 0 Å². The van der Waals surface area contributed by atoms with E-state index in [-0.39, 0.29) is 24.2 Å². The van der Waals surface area contributed by atoms with Crippen molar-refractivity contribution in [1.29, 1.82) is 0 Å². The molecule has 0 radical (unpaired) electrons. The highest BCUT2D eigenvalue weighted by molar-refractivity contribution is 5.89. The summed E-state index contributed by atoms with van der Waals surface area (Å²) in [6.45, 7) is 6.42. The standard InChI is InChI=1S/C17H28N2O5/c1-16(2,3)24-14(21)11-17(7-9-23-10-8-17)19-15(22)12-5-4-6-13(20)18-12/h12H,4-11H2,1-3H3,(H,18,20)(H,19,22)/t12-/m0/s1. The van der Waals surface area contributed by atoms with E-state index < -0.39 is 17.2 Å². The predicted octanol–water partition coefficient (Wildman–Crippen LogP) is 1.05. The van der Waals surface area contributed by atoms with Gasteiger partial charge in [-0.15, -0.1) is 0 Å². The predicted molar refractivity (Wildman–Crippen MR) is 87.2 cm³/mol. The van der Waals surface area contributed by atoms with Crippen LogP contribution in [0.1, 0.15) is 59.3 Å². The van der Waals surface area contributed by atoms with Gasteiger partial charge < -0.3 is 20.1 Å². The van der Waals surface area contributed by atoms with Crippen LogP contribution in [0.3, 0.4) is 0 Å². The first-order valence-electron chi connectivity index (χ1n) is 8.60. The number of esters is 1. The quantitative estimate of drug-likeness (QED) is 0.746. The van der Waals surface area contributed by atoms with Gasteiger partial charge in [0, 0.05) is 19.6 Å². The van der Waals surface area contributed by atoms with Gasteiger partial charge in [0.15, 0.2) is 0 Å². The maximum atomic E-state index is 12.6. The zero-order valence-corrected chi connectivity index (χ0v) is 14.8. The molecule has 0 saturated carbocycles. The molecule has 0 bridgehead atoms. The van der Waals surface area contributed by atoms with E-state index in [4.69, 9.17) is 9.47 Å². The third-order valence-corrected chi connectivity index (χ3v) is 4.29. The normalized spacial score (nSPS) is 24.0. The molecule has 2 fully saturated rings. The second kappa shape index (κ2) is 7.51. The summed E-state index contributed by atoms with van der Waals surface area (Å²) in [7, 11) is 0. The Hall–Kier alpha value is -1.63. The fourth-order valence-electron chi connectivity index (χ4n) is 3.11. The van der Waals surface area contributed by atoms with Gasteiger partial charge >= 0.3 is 5.97 Å². The van der Waals surface area contributed by atoms with Crippen molar-refractivity contribution in [2.75, 3.05) is 13.2 Å². The molecule has 1 atom stereocenters. The zero-order valence-electron chi connectivity index (χ0n) is 14.8. The number of carbonyl (C=O) groups excluding carboxylic acids is 3. The zero-order chi connectivity index (χ0) is 17.8. The molecule has 0 aliphatic carbocycles. The molecule has 7 nitrogen and oxygen atoms in total. The van der Waals surface area contributed by atoms with Crippen molar-refractivity contribution < 1.29 is 23.9 Å². The Morgan fingerprint density at radius 3 is 2.58 bits per heavy atom. The topological polar surface area (TPSA) is 93.7 Å². The molecule has 0 aromatic heterocycles. The van der Waals surface area contributed by atoms with Crippen molar-refractivity contribution in [3.63, 3.8) is 0 Å². The van der Waals surface area contributed by atoms with Crippen LogP contribution in [0.4, 0.5) is 0 Å². The van der Waals surface area contributed by atoms with Crippen molar-refractivity contribution in [2.24, 2.45) is 0 Å². The SMILES string of the molecule is CC(C)(C)OC(=O)CC1(NC(=O)[C@@H]2CCCC(=O)N2)CCOCC1. The van der Waals surface area contributed by atoms with Crippen LogP contribution >= 0.6 is 0 Å². The van der Waals surface area contributed by atoms with Crippen LogP contribution in [0.25, 0.3) is 0 Å². The van der Waals surface area contributed by atoms with E-state index in [1.165, 1.54) is 0 Å². The van der Waals surface area contributed by atoms with Crippen LogP contribution in [0.2, 0.25) is 0 Å². The third kappa shape index (κ3) is 5.47. The van der Waals surface area contributed by atoms with Gasteiger partial charge in [0.2, 0.25) is 11.8 Å². The molecule has 2 saturated heterocycles. The van der Waals surface area contributed by atoms with Crippen molar-refractivity contribution in [1.82, 2.24) is 10.6 Å². The summed E-state index contributed by atoms with van der Waals surface area (Å²) < 4.78 is 10.8. The summed E-state index contributed by atoms with van der Waals surface area (Å²) in [5.74, 6) is -0.666. The molecule has 0 aromatic rings. The number of nitrogens with one attached hydrogen (secondary N) is 2. The first-order valence-corrected chi connectivity index (χ1v) is 8.60. The monoisotopic (exact) mass is 340 g/mol. The average molecular weight is 340 g/mol. The highest BCUT2D eigenvalue weighted by Crippen LogP contribution is 2.27. The Morgan fingerprint density at radius 2 is 2.00 bits per heavy atom. The van der Waals surface area contributed by atoms with E-state index in [9.17, 15) is 14.4 Å². The molecule has 2 N–H and O–H groups in total. The number of carbonyl (C=O) groups is 3. The van der Waals surface area contributed by atoms with Gasteiger partial charge in [-0.25, -0.2) is 0 Å². The molecular formula is C17H28N2O5. The molecule has 2 aliphatic rings. The van der Waals surface area contributed by atoms with E-state index in [0.29, 0.717) is 45.3 Å². The Morgan fingerprint density at radius 1 is 1.33 bits per heavy atom. The number of piperidine rings is 1. The Kier molecular flexibility index (Phi) is 5.85. The van der Waals surface area contributed by atoms with Gasteiger partial charge in [0.25, 0.3) is 0 Å². The van der Waals surface area contributed by atoms with E-state index in [1.807, 2.05) is 20.8 Å². The summed E-state index contributed by atoms with van der Waals surface area (Å²) in [6.07, 6.45) is 3.00. The average Bonchev–Trinajstić information content (AvgIpc) is 2.45. The molecule has 24 heavy (non-hydrogen) atoms. The largest absolute Gasteiger partial charge is 0.460 e. The first-order chi connectivity index (χ1) is 11.2. The van der Waals surface area contributed by atoms with Gasteiger partial charge in [-0.3, -0.25) is 14.4 Å². The molecular weight excluding hydrogens is 312 g/mol. The van der Waals surface area contributed by atoms with E-state index in [1.54, 1.807) is 0 Å².